The molecule has 0 unspecified atom stereocenters. The maximum Gasteiger partial charge on any atom is 0.514 e. The average Bonchev–Trinajstić information content (AvgIpc) is 3.13. The van der Waals surface area contributed by atoms with Gasteiger partial charge in [0, 0.05) is 17.0 Å². The minimum atomic E-state index is -0.921. The Bertz CT molecular complexity index is 1030. The van der Waals surface area contributed by atoms with Crippen LogP contribution in [0.3, 0.4) is 0 Å². The number of carbonyl (C=O) groups is 3. The predicted octanol–water partition coefficient (Wildman–Crippen LogP) is 4.63. The van der Waals surface area contributed by atoms with Gasteiger partial charge in [0.15, 0.2) is 5.13 Å². The molecule has 1 fully saturated rings. The Morgan fingerprint density at radius 2 is 1.70 bits per heavy atom. The van der Waals surface area contributed by atoms with E-state index in [1.165, 1.54) is 23.5 Å². The summed E-state index contributed by atoms with van der Waals surface area (Å²) in [5, 5.41) is 4.88. The van der Waals surface area contributed by atoms with Crippen molar-refractivity contribution in [3.63, 3.8) is 0 Å². The molecule has 0 aliphatic carbocycles. The second kappa shape index (κ2) is 10.2. The second-order valence-corrected chi connectivity index (χ2v) is 9.10. The van der Waals surface area contributed by atoms with Crippen LogP contribution in [0.25, 0.3) is 11.3 Å². The van der Waals surface area contributed by atoms with Crippen molar-refractivity contribution in [1.82, 2.24) is 4.98 Å². The molecule has 0 saturated carbocycles. The van der Waals surface area contributed by atoms with Crippen LogP contribution in [0.5, 0.6) is 11.5 Å². The van der Waals surface area contributed by atoms with Crippen LogP contribution < -0.4 is 14.8 Å². The first-order chi connectivity index (χ1) is 15.6. The molecule has 2 heterocycles. The summed E-state index contributed by atoms with van der Waals surface area (Å²) in [6, 6.07) is 4.46. The summed E-state index contributed by atoms with van der Waals surface area (Å²) >= 11 is 1.22. The molecule has 0 radical (unpaired) electrons. The van der Waals surface area contributed by atoms with Crippen LogP contribution in [0, 0.1) is 5.41 Å². The van der Waals surface area contributed by atoms with Crippen molar-refractivity contribution in [3.05, 3.63) is 23.6 Å². The number of benzene rings is 1. The van der Waals surface area contributed by atoms with Gasteiger partial charge in [0.05, 0.1) is 36.5 Å². The van der Waals surface area contributed by atoms with Crippen LogP contribution >= 0.6 is 11.3 Å². The van der Waals surface area contributed by atoms with Gasteiger partial charge >= 0.3 is 12.3 Å². The molecule has 178 valence electrons. The topological polar surface area (TPSA) is 122 Å². The number of nitrogens with zero attached hydrogens (tertiary/aromatic N) is 1. The Balaban J connectivity index is 1.83. The number of hydrogen-bond donors (Lipinski definition) is 1. The second-order valence-electron chi connectivity index (χ2n) is 8.24. The van der Waals surface area contributed by atoms with Crippen molar-refractivity contribution in [3.8, 4) is 22.8 Å². The first-order valence-electron chi connectivity index (χ1n) is 10.3. The van der Waals surface area contributed by atoms with Gasteiger partial charge in [-0.15, -0.1) is 11.3 Å². The van der Waals surface area contributed by atoms with Crippen LogP contribution in [-0.2, 0) is 19.0 Å². The first kappa shape index (κ1) is 24.5. The third-order valence-corrected chi connectivity index (χ3v) is 5.16. The fourth-order valence-electron chi connectivity index (χ4n) is 2.72. The summed E-state index contributed by atoms with van der Waals surface area (Å²) in [6.45, 7) is 9.28. The highest BCUT2D eigenvalue weighted by Gasteiger charge is 2.41. The number of nitrogens with one attached hydrogen (secondary N) is 1. The third-order valence-electron chi connectivity index (χ3n) is 4.40. The molecule has 2 aromatic rings. The summed E-state index contributed by atoms with van der Waals surface area (Å²) in [5.74, 6) is -0.00418. The highest BCUT2D eigenvalue weighted by Crippen LogP contribution is 2.36. The van der Waals surface area contributed by atoms with E-state index in [2.05, 4.69) is 10.3 Å². The lowest BCUT2D eigenvalue weighted by Gasteiger charge is -2.35. The van der Waals surface area contributed by atoms with E-state index in [1.54, 1.807) is 39.1 Å². The van der Waals surface area contributed by atoms with E-state index < -0.39 is 17.7 Å². The average molecular weight is 479 g/mol. The van der Waals surface area contributed by atoms with Crippen LogP contribution in [0.2, 0.25) is 0 Å². The molecule has 1 aromatic carbocycles. The molecular formula is C22H26N2O8S. The zero-order chi connectivity index (χ0) is 24.2. The van der Waals surface area contributed by atoms with Gasteiger partial charge in [0.2, 0.25) is 5.91 Å². The molecule has 1 saturated heterocycles. The lowest BCUT2D eigenvalue weighted by molar-refractivity contribution is -0.151. The number of hydrogen-bond acceptors (Lipinski definition) is 10. The monoisotopic (exact) mass is 478 g/mol. The van der Waals surface area contributed by atoms with E-state index in [4.69, 9.17) is 23.7 Å². The van der Waals surface area contributed by atoms with Gasteiger partial charge in [0.1, 0.15) is 11.5 Å². The van der Waals surface area contributed by atoms with Crippen molar-refractivity contribution in [2.45, 2.75) is 46.8 Å². The van der Waals surface area contributed by atoms with Crippen molar-refractivity contribution in [2.24, 2.45) is 5.41 Å². The molecule has 33 heavy (non-hydrogen) atoms. The van der Waals surface area contributed by atoms with Gasteiger partial charge in [-0.3, -0.25) is 4.79 Å². The largest absolute Gasteiger partial charge is 0.514 e. The van der Waals surface area contributed by atoms with Gasteiger partial charge in [0.25, 0.3) is 0 Å². The highest BCUT2D eigenvalue weighted by atomic mass is 32.1. The molecule has 1 amide bonds. The number of aromatic nitrogens is 1. The number of amides is 1. The summed E-state index contributed by atoms with van der Waals surface area (Å²) in [7, 11) is 0. The molecule has 0 atom stereocenters. The Kier molecular flexibility index (Phi) is 7.54. The number of ether oxygens (including phenoxy) is 5. The lowest BCUT2D eigenvalue weighted by atomic mass is 9.88. The van der Waals surface area contributed by atoms with Gasteiger partial charge in [-0.05, 0) is 46.8 Å². The van der Waals surface area contributed by atoms with E-state index in [9.17, 15) is 14.4 Å². The zero-order valence-corrected chi connectivity index (χ0v) is 19.8. The number of rotatable bonds is 7. The van der Waals surface area contributed by atoms with Crippen molar-refractivity contribution in [2.75, 3.05) is 18.5 Å². The van der Waals surface area contributed by atoms with Crippen molar-refractivity contribution >= 4 is 34.7 Å². The van der Waals surface area contributed by atoms with Crippen LogP contribution in [0.4, 0.5) is 14.7 Å². The molecule has 1 aliphatic rings. The molecule has 11 heteroatoms. The Hall–Kier alpha value is -3.18. The fourth-order valence-corrected chi connectivity index (χ4v) is 3.43. The molecule has 0 spiro atoms. The maximum absolute atomic E-state index is 12.4. The van der Waals surface area contributed by atoms with Gasteiger partial charge in [-0.1, -0.05) is 0 Å². The molecular weight excluding hydrogens is 452 g/mol. The van der Waals surface area contributed by atoms with Gasteiger partial charge in [-0.25, -0.2) is 14.6 Å². The Morgan fingerprint density at radius 3 is 2.27 bits per heavy atom. The molecule has 1 aromatic heterocycles. The van der Waals surface area contributed by atoms with Gasteiger partial charge < -0.3 is 29.0 Å². The quantitative estimate of drug-likeness (QED) is 0.448. The minimum Gasteiger partial charge on any atom is -0.431 e. The molecule has 1 aliphatic heterocycles. The van der Waals surface area contributed by atoms with Crippen LogP contribution in [0.15, 0.2) is 23.6 Å². The maximum atomic E-state index is 12.4. The molecule has 0 bridgehead atoms. The molecule has 1 N–H and O–H groups in total. The SMILES string of the molecule is CC(C)OC(=O)Oc1ccc(-c2csc(NC(=O)C3(C)COC3)n2)c(OC(=O)OC(C)C)c1. The van der Waals surface area contributed by atoms with E-state index in [0.29, 0.717) is 29.6 Å². The smallest absolute Gasteiger partial charge is 0.431 e. The summed E-state index contributed by atoms with van der Waals surface area (Å²) in [6.07, 6.45) is -2.55. The van der Waals surface area contributed by atoms with Gasteiger partial charge in [-0.2, -0.15) is 0 Å². The number of anilines is 1. The minimum absolute atomic E-state index is 0.0676. The number of carbonyl (C=O) groups excluding carboxylic acids is 3. The lowest BCUT2D eigenvalue weighted by Crippen LogP contribution is -2.49. The number of thiazole rings is 1. The van der Waals surface area contributed by atoms with Crippen molar-refractivity contribution < 1.29 is 38.1 Å². The summed E-state index contributed by atoms with van der Waals surface area (Å²) < 4.78 is 25.7. The standard InChI is InChI=1S/C22H26N2O8S/c1-12(2)29-20(26)31-14-6-7-15(17(8-14)32-21(27)30-13(3)4)16-9-33-19(23-16)24-18(25)22(5)10-28-11-22/h6-9,12-13H,10-11H2,1-5H3,(H,23,24,25). The first-order valence-corrected chi connectivity index (χ1v) is 11.2. The fraction of sp³-hybridized carbons (Fsp3) is 0.455. The van der Waals surface area contributed by atoms with E-state index in [0.717, 1.165) is 0 Å². The van der Waals surface area contributed by atoms with E-state index in [1.807, 2.05) is 6.92 Å². The van der Waals surface area contributed by atoms with Crippen molar-refractivity contribution in [1.29, 1.82) is 0 Å². The predicted molar refractivity (Wildman–Crippen MR) is 120 cm³/mol. The molecule has 10 nitrogen and oxygen atoms in total. The van der Waals surface area contributed by atoms with Crippen LogP contribution in [0.1, 0.15) is 34.6 Å². The summed E-state index contributed by atoms with van der Waals surface area (Å²) in [5.41, 5.74) is 0.314. The third kappa shape index (κ3) is 6.42. The summed E-state index contributed by atoms with van der Waals surface area (Å²) in [4.78, 5) is 40.8. The Labute approximate surface area is 195 Å². The Morgan fingerprint density at radius 1 is 1.06 bits per heavy atom. The van der Waals surface area contributed by atoms with E-state index in [-0.39, 0.29) is 29.6 Å². The zero-order valence-electron chi connectivity index (χ0n) is 19.0. The molecule has 3 rings (SSSR count). The normalized spacial score (nSPS) is 14.4. The highest BCUT2D eigenvalue weighted by molar-refractivity contribution is 7.14. The van der Waals surface area contributed by atoms with Crippen LogP contribution in [-0.4, -0.2) is 48.6 Å². The van der Waals surface area contributed by atoms with E-state index >= 15 is 0 Å².